The van der Waals surface area contributed by atoms with E-state index < -0.39 is 0 Å². The number of thiophene rings is 1. The average Bonchev–Trinajstić information content (AvgIpc) is 3.35. The van der Waals surface area contributed by atoms with Gasteiger partial charge in [0, 0.05) is 43.3 Å². The van der Waals surface area contributed by atoms with Gasteiger partial charge >= 0.3 is 0 Å². The Morgan fingerprint density at radius 1 is 1.30 bits per heavy atom. The van der Waals surface area contributed by atoms with Crippen LogP contribution in [0.3, 0.4) is 0 Å². The molecule has 0 bridgehead atoms. The van der Waals surface area contributed by atoms with Crippen LogP contribution >= 0.6 is 11.3 Å². The number of rotatable bonds is 7. The van der Waals surface area contributed by atoms with Gasteiger partial charge in [-0.15, -0.1) is 11.3 Å². The molecule has 0 aromatic carbocycles. The molecule has 1 fully saturated rings. The van der Waals surface area contributed by atoms with Crippen molar-refractivity contribution in [1.82, 2.24) is 14.8 Å². The highest BCUT2D eigenvalue weighted by Crippen LogP contribution is 2.36. The standard InChI is InChI=1S/C21H27N3O2S/c1-3-7-20(25)24-13-6-9-17(24)18-10-11-19(27-18)21(26)23(4-2)15-16-8-5-12-22-14-16/h5,8,10-12,14,17H,3-4,6-7,9,13,15H2,1-2H3/t17-/m1/s1. The summed E-state index contributed by atoms with van der Waals surface area (Å²) in [4.78, 5) is 35.2. The van der Waals surface area contributed by atoms with Gasteiger partial charge in [-0.3, -0.25) is 14.6 Å². The number of pyridine rings is 1. The lowest BCUT2D eigenvalue weighted by Crippen LogP contribution is -2.30. The van der Waals surface area contributed by atoms with Crippen LogP contribution in [0.25, 0.3) is 0 Å². The monoisotopic (exact) mass is 385 g/mol. The second-order valence-corrected chi connectivity index (χ2v) is 7.99. The molecule has 1 aliphatic rings. The second kappa shape index (κ2) is 9.13. The van der Waals surface area contributed by atoms with Crippen LogP contribution in [0.15, 0.2) is 36.7 Å². The molecule has 3 rings (SSSR count). The number of nitrogens with zero attached hydrogens (tertiary/aromatic N) is 3. The Morgan fingerprint density at radius 2 is 2.15 bits per heavy atom. The summed E-state index contributed by atoms with van der Waals surface area (Å²) in [6.07, 6.45) is 7.02. The second-order valence-electron chi connectivity index (χ2n) is 6.88. The number of likely N-dealkylation sites (tertiary alicyclic amines) is 1. The smallest absolute Gasteiger partial charge is 0.264 e. The van der Waals surface area contributed by atoms with Crippen LogP contribution in [0, 0.1) is 0 Å². The molecule has 0 saturated carbocycles. The van der Waals surface area contributed by atoms with Crippen molar-refractivity contribution < 1.29 is 9.59 Å². The van der Waals surface area contributed by atoms with E-state index in [4.69, 9.17) is 0 Å². The van der Waals surface area contributed by atoms with Crippen molar-refractivity contribution >= 4 is 23.2 Å². The number of hydrogen-bond donors (Lipinski definition) is 0. The van der Waals surface area contributed by atoms with Crippen molar-refractivity contribution in [2.24, 2.45) is 0 Å². The van der Waals surface area contributed by atoms with E-state index >= 15 is 0 Å². The van der Waals surface area contributed by atoms with Gasteiger partial charge in [-0.05, 0) is 49.9 Å². The summed E-state index contributed by atoms with van der Waals surface area (Å²) in [6, 6.07) is 7.94. The molecule has 27 heavy (non-hydrogen) atoms. The highest BCUT2D eigenvalue weighted by atomic mass is 32.1. The molecular weight excluding hydrogens is 358 g/mol. The summed E-state index contributed by atoms with van der Waals surface area (Å²) in [5, 5.41) is 0. The molecule has 0 N–H and O–H groups in total. The molecular formula is C21H27N3O2S. The van der Waals surface area contributed by atoms with Gasteiger partial charge < -0.3 is 9.80 Å². The summed E-state index contributed by atoms with van der Waals surface area (Å²) in [7, 11) is 0. The molecule has 3 heterocycles. The zero-order valence-electron chi connectivity index (χ0n) is 16.1. The van der Waals surface area contributed by atoms with E-state index in [-0.39, 0.29) is 17.9 Å². The number of amides is 2. The van der Waals surface area contributed by atoms with E-state index in [0.29, 0.717) is 19.5 Å². The van der Waals surface area contributed by atoms with E-state index in [1.54, 1.807) is 12.4 Å². The van der Waals surface area contributed by atoms with Crippen molar-refractivity contribution in [3.8, 4) is 0 Å². The van der Waals surface area contributed by atoms with Gasteiger partial charge in [0.2, 0.25) is 5.91 Å². The minimum atomic E-state index is 0.0436. The predicted molar refractivity (Wildman–Crippen MR) is 108 cm³/mol. The van der Waals surface area contributed by atoms with Gasteiger partial charge in [-0.2, -0.15) is 0 Å². The third-order valence-electron chi connectivity index (χ3n) is 4.97. The summed E-state index contributed by atoms with van der Waals surface area (Å²) < 4.78 is 0. The van der Waals surface area contributed by atoms with Crippen molar-refractivity contribution in [1.29, 1.82) is 0 Å². The van der Waals surface area contributed by atoms with Gasteiger partial charge in [0.15, 0.2) is 0 Å². The fraction of sp³-hybridized carbons (Fsp3) is 0.476. The molecule has 0 spiro atoms. The largest absolute Gasteiger partial charge is 0.335 e. The molecule has 2 amide bonds. The number of hydrogen-bond acceptors (Lipinski definition) is 4. The first kappa shape index (κ1) is 19.5. The maximum atomic E-state index is 13.0. The van der Waals surface area contributed by atoms with Gasteiger partial charge in [0.25, 0.3) is 5.91 Å². The minimum absolute atomic E-state index is 0.0436. The zero-order valence-corrected chi connectivity index (χ0v) is 16.9. The van der Waals surface area contributed by atoms with Crippen LogP contribution in [-0.2, 0) is 11.3 Å². The van der Waals surface area contributed by atoms with Gasteiger partial charge in [0.1, 0.15) is 0 Å². The summed E-state index contributed by atoms with van der Waals surface area (Å²) >= 11 is 1.53. The van der Waals surface area contributed by atoms with Crippen LogP contribution in [0.4, 0.5) is 0 Å². The van der Waals surface area contributed by atoms with Crippen LogP contribution in [0.5, 0.6) is 0 Å². The fourth-order valence-corrected chi connectivity index (χ4v) is 4.68. The summed E-state index contributed by atoms with van der Waals surface area (Å²) in [5.74, 6) is 0.273. The molecule has 2 aromatic heterocycles. The molecule has 1 aliphatic heterocycles. The van der Waals surface area contributed by atoms with Crippen molar-refractivity contribution in [2.45, 2.75) is 52.1 Å². The molecule has 144 valence electrons. The highest BCUT2D eigenvalue weighted by molar-refractivity contribution is 7.14. The fourth-order valence-electron chi connectivity index (χ4n) is 3.56. The van der Waals surface area contributed by atoms with Crippen LogP contribution in [-0.4, -0.2) is 39.7 Å². The Kier molecular flexibility index (Phi) is 6.61. The molecule has 1 saturated heterocycles. The van der Waals surface area contributed by atoms with Crippen molar-refractivity contribution in [3.63, 3.8) is 0 Å². The zero-order chi connectivity index (χ0) is 19.2. The third kappa shape index (κ3) is 4.56. The van der Waals surface area contributed by atoms with Gasteiger partial charge in [-0.25, -0.2) is 0 Å². The van der Waals surface area contributed by atoms with E-state index in [1.165, 1.54) is 11.3 Å². The lowest BCUT2D eigenvalue weighted by molar-refractivity contribution is -0.132. The average molecular weight is 386 g/mol. The topological polar surface area (TPSA) is 53.5 Å². The summed E-state index contributed by atoms with van der Waals surface area (Å²) in [5.41, 5.74) is 1.02. The predicted octanol–water partition coefficient (Wildman–Crippen LogP) is 4.27. The highest BCUT2D eigenvalue weighted by Gasteiger charge is 2.31. The van der Waals surface area contributed by atoms with E-state index in [1.807, 2.05) is 47.9 Å². The normalized spacial score (nSPS) is 16.5. The Labute approximate surface area is 165 Å². The maximum Gasteiger partial charge on any atom is 0.264 e. The van der Waals surface area contributed by atoms with Crippen LogP contribution in [0.1, 0.15) is 65.7 Å². The first-order valence-corrected chi connectivity index (χ1v) is 10.5. The van der Waals surface area contributed by atoms with Crippen molar-refractivity contribution in [3.05, 3.63) is 52.0 Å². The van der Waals surface area contributed by atoms with Gasteiger partial charge in [-0.1, -0.05) is 13.0 Å². The number of aromatic nitrogens is 1. The maximum absolute atomic E-state index is 13.0. The minimum Gasteiger partial charge on any atom is -0.335 e. The first-order valence-electron chi connectivity index (χ1n) is 9.71. The summed E-state index contributed by atoms with van der Waals surface area (Å²) in [6.45, 7) is 6.05. The van der Waals surface area contributed by atoms with E-state index in [9.17, 15) is 9.59 Å². The Hall–Kier alpha value is -2.21. The molecule has 0 aliphatic carbocycles. The Balaban J connectivity index is 1.72. The van der Waals surface area contributed by atoms with Gasteiger partial charge in [0.05, 0.1) is 10.9 Å². The quantitative estimate of drug-likeness (QED) is 0.715. The van der Waals surface area contributed by atoms with E-state index in [0.717, 1.165) is 41.1 Å². The lowest BCUT2D eigenvalue weighted by Gasteiger charge is -2.24. The molecule has 1 atom stereocenters. The van der Waals surface area contributed by atoms with E-state index in [2.05, 4.69) is 4.98 Å². The first-order chi connectivity index (χ1) is 13.1. The molecule has 5 nitrogen and oxygen atoms in total. The molecule has 0 unspecified atom stereocenters. The molecule has 0 radical (unpaired) electrons. The third-order valence-corrected chi connectivity index (χ3v) is 6.14. The molecule has 2 aromatic rings. The molecule has 6 heteroatoms. The SMILES string of the molecule is CCCC(=O)N1CCC[C@@H]1c1ccc(C(=O)N(CC)Cc2cccnc2)s1. The van der Waals surface area contributed by atoms with Crippen LogP contribution < -0.4 is 0 Å². The van der Waals surface area contributed by atoms with Crippen molar-refractivity contribution in [2.75, 3.05) is 13.1 Å². The lowest BCUT2D eigenvalue weighted by atomic mass is 10.1. The Bertz CT molecular complexity index is 775. The van der Waals surface area contributed by atoms with Crippen LogP contribution in [0.2, 0.25) is 0 Å². The Morgan fingerprint density at radius 3 is 2.85 bits per heavy atom. The number of carbonyl (C=O) groups is 2. The number of carbonyl (C=O) groups excluding carboxylic acids is 2.